The van der Waals surface area contributed by atoms with Crippen molar-refractivity contribution in [1.82, 2.24) is 4.57 Å². The number of nitrogens with zero attached hydrogens (tertiary/aromatic N) is 2. The van der Waals surface area contributed by atoms with Crippen LogP contribution in [0.15, 0.2) is 47.5 Å². The molecule has 124 valence electrons. The van der Waals surface area contributed by atoms with Crippen LogP contribution in [0.3, 0.4) is 0 Å². The first-order chi connectivity index (χ1) is 11.6. The van der Waals surface area contributed by atoms with E-state index in [9.17, 15) is 9.18 Å². The van der Waals surface area contributed by atoms with Gasteiger partial charge in [0.25, 0.3) is 5.91 Å². The zero-order chi connectivity index (χ0) is 17.1. The number of aromatic nitrogens is 1. The molecule has 0 aliphatic carbocycles. The van der Waals surface area contributed by atoms with Gasteiger partial charge in [0.1, 0.15) is 5.82 Å². The Bertz CT molecular complexity index is 947. The van der Waals surface area contributed by atoms with E-state index in [1.54, 1.807) is 11.8 Å². The number of rotatable bonds is 4. The Morgan fingerprint density at radius 2 is 2.04 bits per heavy atom. The lowest BCUT2D eigenvalue weighted by Gasteiger charge is -2.03. The highest BCUT2D eigenvalue weighted by atomic mass is 35.5. The van der Waals surface area contributed by atoms with Gasteiger partial charge in [-0.2, -0.15) is 16.8 Å². The maximum Gasteiger partial charge on any atom is 0.279 e. The van der Waals surface area contributed by atoms with Crippen LogP contribution in [0.1, 0.15) is 10.4 Å². The maximum absolute atomic E-state index is 13.0. The van der Waals surface area contributed by atoms with Crippen molar-refractivity contribution in [2.24, 2.45) is 4.99 Å². The van der Waals surface area contributed by atoms with Crippen molar-refractivity contribution in [3.8, 4) is 0 Å². The highest BCUT2D eigenvalue weighted by molar-refractivity contribution is 7.98. The molecule has 1 heterocycles. The Kier molecular flexibility index (Phi) is 5.38. The number of halogens is 2. The van der Waals surface area contributed by atoms with Gasteiger partial charge in [0, 0.05) is 22.9 Å². The third kappa shape index (κ3) is 3.71. The number of hydrogen-bond acceptors (Lipinski definition) is 3. The number of amides is 1. The van der Waals surface area contributed by atoms with Crippen molar-refractivity contribution in [2.45, 2.75) is 6.54 Å². The molecule has 3 nitrogen and oxygen atoms in total. The van der Waals surface area contributed by atoms with Crippen LogP contribution in [0.2, 0.25) is 5.02 Å². The van der Waals surface area contributed by atoms with E-state index in [-0.39, 0.29) is 11.7 Å². The average molecular weight is 381 g/mol. The van der Waals surface area contributed by atoms with Crippen LogP contribution in [0.25, 0.3) is 10.2 Å². The normalized spacial score (nSPS) is 12.0. The fourth-order valence-electron chi connectivity index (χ4n) is 2.27. The molecule has 3 rings (SSSR count). The number of thioether (sulfide) groups is 1. The highest BCUT2D eigenvalue weighted by Gasteiger charge is 2.10. The van der Waals surface area contributed by atoms with E-state index < -0.39 is 0 Å². The Morgan fingerprint density at radius 3 is 2.75 bits per heavy atom. The molecule has 0 atom stereocenters. The summed E-state index contributed by atoms with van der Waals surface area (Å²) in [6, 6.07) is 11.0. The summed E-state index contributed by atoms with van der Waals surface area (Å²) < 4.78 is 16.0. The number of benzene rings is 2. The molecule has 1 amide bonds. The summed E-state index contributed by atoms with van der Waals surface area (Å²) in [5, 5.41) is 0.650. The Morgan fingerprint density at radius 1 is 1.29 bits per heavy atom. The van der Waals surface area contributed by atoms with Gasteiger partial charge in [-0.25, -0.2) is 4.39 Å². The molecule has 0 spiro atoms. The summed E-state index contributed by atoms with van der Waals surface area (Å²) in [5.41, 5.74) is 1.37. The lowest BCUT2D eigenvalue weighted by Crippen LogP contribution is -2.18. The second-order valence-corrected chi connectivity index (χ2v) is 7.50. The molecule has 2 aromatic carbocycles. The van der Waals surface area contributed by atoms with Gasteiger partial charge in [-0.15, -0.1) is 0 Å². The van der Waals surface area contributed by atoms with Gasteiger partial charge in [-0.05, 0) is 48.7 Å². The summed E-state index contributed by atoms with van der Waals surface area (Å²) in [6.45, 7) is 0.748. The van der Waals surface area contributed by atoms with Gasteiger partial charge < -0.3 is 4.57 Å². The fourth-order valence-corrected chi connectivity index (χ4v) is 3.97. The predicted octanol–water partition coefficient (Wildman–Crippen LogP) is 4.60. The van der Waals surface area contributed by atoms with Gasteiger partial charge in [-0.1, -0.05) is 22.9 Å². The van der Waals surface area contributed by atoms with Crippen LogP contribution in [-0.2, 0) is 6.54 Å². The third-order valence-corrected chi connectivity index (χ3v) is 5.32. The van der Waals surface area contributed by atoms with Crippen molar-refractivity contribution in [3.63, 3.8) is 0 Å². The van der Waals surface area contributed by atoms with Crippen LogP contribution in [0.4, 0.5) is 4.39 Å². The molecule has 0 N–H and O–H groups in total. The summed E-state index contributed by atoms with van der Waals surface area (Å²) >= 11 is 9.21. The van der Waals surface area contributed by atoms with Crippen LogP contribution in [0.5, 0.6) is 0 Å². The lowest BCUT2D eigenvalue weighted by molar-refractivity contribution is 0.0998. The van der Waals surface area contributed by atoms with Gasteiger partial charge >= 0.3 is 0 Å². The first-order valence-electron chi connectivity index (χ1n) is 7.21. The molecular formula is C17H14ClFN2OS2. The zero-order valence-corrected chi connectivity index (χ0v) is 15.2. The minimum atomic E-state index is -0.384. The molecule has 3 aromatic rings. The van der Waals surface area contributed by atoms with E-state index in [4.69, 9.17) is 11.6 Å². The molecule has 0 saturated carbocycles. The molecule has 24 heavy (non-hydrogen) atoms. The van der Waals surface area contributed by atoms with Crippen molar-refractivity contribution >= 4 is 50.8 Å². The van der Waals surface area contributed by atoms with Crippen molar-refractivity contribution in [2.75, 3.05) is 12.0 Å². The van der Waals surface area contributed by atoms with Crippen molar-refractivity contribution in [1.29, 1.82) is 0 Å². The van der Waals surface area contributed by atoms with Gasteiger partial charge in [0.2, 0.25) is 0 Å². The summed E-state index contributed by atoms with van der Waals surface area (Å²) in [4.78, 5) is 17.2. The first-order valence-corrected chi connectivity index (χ1v) is 9.80. The molecule has 0 unspecified atom stereocenters. The largest absolute Gasteiger partial charge is 0.316 e. The standard InChI is InChI=1S/C17H14ClFN2OS2/c1-23-9-8-21-14-7-4-12(18)10-15(14)24-17(21)20-16(22)11-2-5-13(19)6-3-11/h2-7,10H,8-9H2,1H3. The van der Waals surface area contributed by atoms with Crippen LogP contribution < -0.4 is 4.80 Å². The predicted molar refractivity (Wildman–Crippen MR) is 99.5 cm³/mol. The number of carbonyl (C=O) groups is 1. The number of carbonyl (C=O) groups excluding carboxylic acids is 1. The molecule has 0 radical (unpaired) electrons. The number of hydrogen-bond donors (Lipinski definition) is 0. The van der Waals surface area contributed by atoms with E-state index in [1.807, 2.05) is 29.0 Å². The van der Waals surface area contributed by atoms with Crippen molar-refractivity contribution in [3.05, 3.63) is 63.7 Å². The lowest BCUT2D eigenvalue weighted by atomic mass is 10.2. The summed E-state index contributed by atoms with van der Waals surface area (Å²) in [5.74, 6) is 0.149. The molecule has 0 saturated heterocycles. The topological polar surface area (TPSA) is 34.4 Å². The highest BCUT2D eigenvalue weighted by Crippen LogP contribution is 2.22. The molecular weight excluding hydrogens is 367 g/mol. The van der Waals surface area contributed by atoms with E-state index in [2.05, 4.69) is 4.99 Å². The molecule has 0 fully saturated rings. The zero-order valence-electron chi connectivity index (χ0n) is 12.8. The molecule has 7 heteroatoms. The Balaban J connectivity index is 2.09. The average Bonchev–Trinajstić information content (AvgIpc) is 2.89. The molecule has 0 aliphatic rings. The molecule has 0 bridgehead atoms. The van der Waals surface area contributed by atoms with E-state index in [0.29, 0.717) is 15.4 Å². The monoisotopic (exact) mass is 380 g/mol. The van der Waals surface area contributed by atoms with Crippen LogP contribution >= 0.6 is 34.7 Å². The van der Waals surface area contributed by atoms with E-state index in [1.165, 1.54) is 35.6 Å². The van der Waals surface area contributed by atoms with Gasteiger partial charge in [-0.3, -0.25) is 4.79 Å². The second kappa shape index (κ2) is 7.51. The van der Waals surface area contributed by atoms with Crippen LogP contribution in [-0.4, -0.2) is 22.5 Å². The van der Waals surface area contributed by atoms with Gasteiger partial charge in [0.05, 0.1) is 10.2 Å². The summed E-state index contributed by atoms with van der Waals surface area (Å²) in [7, 11) is 0. The summed E-state index contributed by atoms with van der Waals surface area (Å²) in [6.07, 6.45) is 2.03. The van der Waals surface area contributed by atoms with Gasteiger partial charge in [0.15, 0.2) is 4.80 Å². The third-order valence-electron chi connectivity index (χ3n) is 3.45. The number of fused-ring (bicyclic) bond motifs is 1. The SMILES string of the molecule is CSCCn1c(=NC(=O)c2ccc(F)cc2)sc2cc(Cl)ccc21. The Labute approximate surface area is 151 Å². The molecule has 1 aromatic heterocycles. The van der Waals surface area contributed by atoms with Crippen molar-refractivity contribution < 1.29 is 9.18 Å². The first kappa shape index (κ1) is 17.2. The van der Waals surface area contributed by atoms with Crippen LogP contribution in [0, 0.1) is 5.82 Å². The van der Waals surface area contributed by atoms with E-state index in [0.717, 1.165) is 22.5 Å². The number of thiazole rings is 1. The minimum absolute atomic E-state index is 0.364. The minimum Gasteiger partial charge on any atom is -0.316 e. The molecule has 0 aliphatic heterocycles. The Hall–Kier alpha value is -1.63. The fraction of sp³-hybridized carbons (Fsp3) is 0.176. The van der Waals surface area contributed by atoms with E-state index >= 15 is 0 Å². The smallest absolute Gasteiger partial charge is 0.279 e. The maximum atomic E-state index is 13.0. The number of aryl methyl sites for hydroxylation is 1. The second-order valence-electron chi connectivity index (χ2n) is 5.06. The quantitative estimate of drug-likeness (QED) is 0.663.